The maximum atomic E-state index is 10.3. The van der Waals surface area contributed by atoms with Crippen LogP contribution in [0.15, 0.2) is 30.3 Å². The SMILES string of the molecule is O=S(=O)(O)NC(O)c1ccccc1. The fourth-order valence-corrected chi connectivity index (χ4v) is 1.26. The molecule has 0 amide bonds. The van der Waals surface area contributed by atoms with Crippen molar-refractivity contribution in [3.05, 3.63) is 35.9 Å². The molecule has 1 rings (SSSR count). The molecule has 0 spiro atoms. The number of hydrogen-bond donors (Lipinski definition) is 3. The lowest BCUT2D eigenvalue weighted by Crippen LogP contribution is -2.27. The van der Waals surface area contributed by atoms with Crippen LogP contribution in [0.4, 0.5) is 0 Å². The summed E-state index contributed by atoms with van der Waals surface area (Å²) < 4.78 is 30.6. The van der Waals surface area contributed by atoms with Crippen LogP contribution in [-0.2, 0) is 10.3 Å². The molecule has 6 heteroatoms. The van der Waals surface area contributed by atoms with Gasteiger partial charge in [-0.1, -0.05) is 30.3 Å². The molecule has 0 fully saturated rings. The molecule has 72 valence electrons. The van der Waals surface area contributed by atoms with E-state index in [4.69, 9.17) is 4.55 Å². The Morgan fingerprint density at radius 3 is 2.23 bits per heavy atom. The van der Waals surface area contributed by atoms with E-state index < -0.39 is 16.5 Å². The summed E-state index contributed by atoms with van der Waals surface area (Å²) >= 11 is 0. The van der Waals surface area contributed by atoms with Crippen LogP contribution >= 0.6 is 0 Å². The summed E-state index contributed by atoms with van der Waals surface area (Å²) in [5, 5.41) is 9.21. The highest BCUT2D eigenvalue weighted by Crippen LogP contribution is 2.08. The van der Waals surface area contributed by atoms with E-state index in [-0.39, 0.29) is 0 Å². The number of nitrogens with one attached hydrogen (secondary N) is 1. The van der Waals surface area contributed by atoms with Crippen LogP contribution in [0, 0.1) is 0 Å². The Bertz CT molecular complexity index is 361. The zero-order chi connectivity index (χ0) is 9.90. The lowest BCUT2D eigenvalue weighted by Gasteiger charge is -2.09. The molecule has 1 aromatic carbocycles. The summed E-state index contributed by atoms with van der Waals surface area (Å²) in [5.74, 6) is 0. The summed E-state index contributed by atoms with van der Waals surface area (Å²) in [4.78, 5) is 0. The molecule has 1 atom stereocenters. The van der Waals surface area contributed by atoms with Gasteiger partial charge in [0.05, 0.1) is 0 Å². The van der Waals surface area contributed by atoms with Crippen molar-refractivity contribution in [2.24, 2.45) is 0 Å². The molecule has 0 aliphatic rings. The smallest absolute Gasteiger partial charge is 0.335 e. The summed E-state index contributed by atoms with van der Waals surface area (Å²) in [6.45, 7) is 0. The number of aliphatic hydroxyl groups is 1. The van der Waals surface area contributed by atoms with E-state index in [9.17, 15) is 13.5 Å². The molecule has 0 saturated heterocycles. The Labute approximate surface area is 75.9 Å². The number of benzene rings is 1. The first-order valence-corrected chi connectivity index (χ1v) is 4.91. The highest BCUT2D eigenvalue weighted by molar-refractivity contribution is 7.83. The van der Waals surface area contributed by atoms with Crippen molar-refractivity contribution in [3.8, 4) is 0 Å². The van der Waals surface area contributed by atoms with Crippen molar-refractivity contribution in [3.63, 3.8) is 0 Å². The maximum Gasteiger partial charge on any atom is 0.335 e. The lowest BCUT2D eigenvalue weighted by atomic mass is 10.2. The van der Waals surface area contributed by atoms with Gasteiger partial charge in [-0.15, -0.1) is 0 Å². The minimum Gasteiger partial charge on any atom is -0.373 e. The second-order valence-corrected chi connectivity index (χ2v) is 3.59. The van der Waals surface area contributed by atoms with E-state index in [2.05, 4.69) is 0 Å². The Hall–Kier alpha value is -0.950. The molecule has 0 aromatic heterocycles. The van der Waals surface area contributed by atoms with E-state index in [0.717, 1.165) is 0 Å². The molecular formula is C7H9NO4S. The topological polar surface area (TPSA) is 86.6 Å². The molecule has 0 aliphatic heterocycles. The number of hydrogen-bond acceptors (Lipinski definition) is 3. The zero-order valence-electron chi connectivity index (χ0n) is 6.58. The Kier molecular flexibility index (Phi) is 2.99. The Morgan fingerprint density at radius 2 is 1.77 bits per heavy atom. The third-order valence-electron chi connectivity index (χ3n) is 1.38. The normalized spacial score (nSPS) is 14.0. The van der Waals surface area contributed by atoms with Crippen LogP contribution in [0.1, 0.15) is 11.8 Å². The lowest BCUT2D eigenvalue weighted by molar-refractivity contribution is 0.162. The Morgan fingerprint density at radius 1 is 1.23 bits per heavy atom. The van der Waals surface area contributed by atoms with Crippen LogP contribution in [-0.4, -0.2) is 18.1 Å². The predicted octanol–water partition coefficient (Wildman–Crippen LogP) is 0.0699. The molecule has 0 aliphatic carbocycles. The summed E-state index contributed by atoms with van der Waals surface area (Å²) in [6.07, 6.45) is -1.42. The molecule has 0 radical (unpaired) electrons. The quantitative estimate of drug-likeness (QED) is 0.479. The first-order valence-electron chi connectivity index (χ1n) is 3.47. The van der Waals surface area contributed by atoms with Gasteiger partial charge in [0.2, 0.25) is 0 Å². The van der Waals surface area contributed by atoms with Gasteiger partial charge in [-0.05, 0) is 5.56 Å². The fourth-order valence-electron chi connectivity index (χ4n) is 0.844. The summed E-state index contributed by atoms with van der Waals surface area (Å²) in [7, 11) is -4.37. The van der Waals surface area contributed by atoms with Crippen LogP contribution in [0.2, 0.25) is 0 Å². The highest BCUT2D eigenvalue weighted by atomic mass is 32.2. The minimum atomic E-state index is -4.37. The first-order chi connectivity index (χ1) is 5.99. The van der Waals surface area contributed by atoms with Crippen molar-refractivity contribution in [1.82, 2.24) is 4.72 Å². The molecule has 0 saturated carbocycles. The summed E-state index contributed by atoms with van der Waals surface area (Å²) in [5.41, 5.74) is 0.361. The van der Waals surface area contributed by atoms with E-state index >= 15 is 0 Å². The summed E-state index contributed by atoms with van der Waals surface area (Å²) in [6, 6.07) is 8.07. The van der Waals surface area contributed by atoms with Gasteiger partial charge in [-0.2, -0.15) is 13.1 Å². The van der Waals surface area contributed by atoms with E-state index in [0.29, 0.717) is 5.56 Å². The molecule has 13 heavy (non-hydrogen) atoms. The highest BCUT2D eigenvalue weighted by Gasteiger charge is 2.12. The largest absolute Gasteiger partial charge is 0.373 e. The molecule has 1 unspecified atom stereocenters. The third kappa shape index (κ3) is 3.51. The van der Waals surface area contributed by atoms with Gasteiger partial charge >= 0.3 is 10.3 Å². The van der Waals surface area contributed by atoms with Crippen LogP contribution in [0.5, 0.6) is 0 Å². The van der Waals surface area contributed by atoms with Gasteiger partial charge < -0.3 is 5.11 Å². The van der Waals surface area contributed by atoms with Gasteiger partial charge in [-0.25, -0.2) is 0 Å². The van der Waals surface area contributed by atoms with E-state index in [1.807, 2.05) is 0 Å². The molecular weight excluding hydrogens is 194 g/mol. The predicted molar refractivity (Wildman–Crippen MR) is 46.1 cm³/mol. The van der Waals surface area contributed by atoms with Gasteiger partial charge in [-0.3, -0.25) is 4.55 Å². The minimum absolute atomic E-state index is 0.361. The molecule has 0 heterocycles. The molecule has 5 nitrogen and oxygen atoms in total. The number of rotatable bonds is 3. The fraction of sp³-hybridized carbons (Fsp3) is 0.143. The first kappa shape index (κ1) is 10.1. The van der Waals surface area contributed by atoms with Crippen molar-refractivity contribution < 1.29 is 18.1 Å². The van der Waals surface area contributed by atoms with E-state index in [1.54, 1.807) is 22.9 Å². The van der Waals surface area contributed by atoms with Gasteiger partial charge in [0.25, 0.3) is 0 Å². The average Bonchev–Trinajstić information content (AvgIpc) is 2.03. The second-order valence-electron chi connectivity index (χ2n) is 2.41. The van der Waals surface area contributed by atoms with Crippen LogP contribution in [0.3, 0.4) is 0 Å². The van der Waals surface area contributed by atoms with Gasteiger partial charge in [0.15, 0.2) is 0 Å². The van der Waals surface area contributed by atoms with Crippen LogP contribution < -0.4 is 4.72 Å². The molecule has 1 aromatic rings. The average molecular weight is 203 g/mol. The zero-order valence-corrected chi connectivity index (χ0v) is 7.40. The monoisotopic (exact) mass is 203 g/mol. The second kappa shape index (κ2) is 3.84. The van der Waals surface area contributed by atoms with Crippen LogP contribution in [0.25, 0.3) is 0 Å². The van der Waals surface area contributed by atoms with Crippen molar-refractivity contribution in [2.75, 3.05) is 0 Å². The van der Waals surface area contributed by atoms with Gasteiger partial charge in [0.1, 0.15) is 6.23 Å². The molecule has 3 N–H and O–H groups in total. The number of aliphatic hydroxyl groups excluding tert-OH is 1. The molecule has 0 bridgehead atoms. The standard InChI is InChI=1S/C7H9NO4S/c9-7(8-13(10,11)12)6-4-2-1-3-5-6/h1-5,7-9H,(H,10,11,12). The third-order valence-corrected chi connectivity index (χ3v) is 1.90. The maximum absolute atomic E-state index is 10.3. The van der Waals surface area contributed by atoms with Crippen molar-refractivity contribution >= 4 is 10.3 Å². The Balaban J connectivity index is 2.76. The van der Waals surface area contributed by atoms with Crippen molar-refractivity contribution in [2.45, 2.75) is 6.23 Å². The van der Waals surface area contributed by atoms with E-state index in [1.165, 1.54) is 12.1 Å². The van der Waals surface area contributed by atoms with Gasteiger partial charge in [0, 0.05) is 0 Å². The van der Waals surface area contributed by atoms with Crippen molar-refractivity contribution in [1.29, 1.82) is 0 Å².